The first-order valence-corrected chi connectivity index (χ1v) is 7.61. The van der Waals surface area contributed by atoms with Gasteiger partial charge in [0.05, 0.1) is 0 Å². The molecule has 2 aromatic rings. The minimum atomic E-state index is -0.821. The smallest absolute Gasteiger partial charge is 0.283 e. The first-order chi connectivity index (χ1) is 11.6. The predicted octanol–water partition coefficient (Wildman–Crippen LogP) is 1.90. The molecule has 1 atom stereocenters. The second-order valence-corrected chi connectivity index (χ2v) is 5.56. The standard InChI is InChI=1S/C18H18N2O4/c1-11-6-5-7-13(12(11)2)17(21)19-20-18(22)16-10-23-14-8-3-4-9-15(14)24-16/h3-9,16H,10H2,1-2H3,(H,19,21)(H,20,22). The van der Waals surface area contributed by atoms with E-state index in [1.54, 1.807) is 30.3 Å². The van der Waals surface area contributed by atoms with Crippen LogP contribution in [-0.4, -0.2) is 24.5 Å². The number of hydrogen-bond donors (Lipinski definition) is 2. The first kappa shape index (κ1) is 15.9. The van der Waals surface area contributed by atoms with E-state index in [2.05, 4.69) is 10.9 Å². The Hall–Kier alpha value is -3.02. The van der Waals surface area contributed by atoms with Crippen LogP contribution < -0.4 is 20.3 Å². The summed E-state index contributed by atoms with van der Waals surface area (Å²) in [7, 11) is 0. The predicted molar refractivity (Wildman–Crippen MR) is 87.9 cm³/mol. The summed E-state index contributed by atoms with van der Waals surface area (Å²) in [6.07, 6.45) is -0.821. The number of amides is 2. The molecule has 24 heavy (non-hydrogen) atoms. The van der Waals surface area contributed by atoms with Crippen LogP contribution in [0.4, 0.5) is 0 Å². The maximum atomic E-state index is 12.2. The lowest BCUT2D eigenvalue weighted by atomic mass is 10.0. The van der Waals surface area contributed by atoms with Crippen molar-refractivity contribution in [2.24, 2.45) is 0 Å². The van der Waals surface area contributed by atoms with Crippen molar-refractivity contribution in [2.45, 2.75) is 20.0 Å². The van der Waals surface area contributed by atoms with E-state index in [0.29, 0.717) is 17.1 Å². The van der Waals surface area contributed by atoms with E-state index < -0.39 is 12.0 Å². The number of carbonyl (C=O) groups is 2. The molecule has 2 amide bonds. The van der Waals surface area contributed by atoms with E-state index in [1.807, 2.05) is 26.0 Å². The number of fused-ring (bicyclic) bond motifs is 1. The minimum Gasteiger partial charge on any atom is -0.485 e. The van der Waals surface area contributed by atoms with Crippen LogP contribution in [0.1, 0.15) is 21.5 Å². The maximum absolute atomic E-state index is 12.2. The zero-order valence-corrected chi connectivity index (χ0v) is 13.5. The molecule has 1 aliphatic rings. The van der Waals surface area contributed by atoms with Gasteiger partial charge in [0.1, 0.15) is 6.61 Å². The molecule has 0 saturated carbocycles. The van der Waals surface area contributed by atoms with E-state index in [4.69, 9.17) is 9.47 Å². The Morgan fingerprint density at radius 1 is 1.00 bits per heavy atom. The Morgan fingerprint density at radius 3 is 2.54 bits per heavy atom. The molecule has 1 heterocycles. The molecular formula is C18H18N2O4. The van der Waals surface area contributed by atoms with Crippen LogP contribution in [-0.2, 0) is 4.79 Å². The number of ether oxygens (including phenoxy) is 2. The molecule has 124 valence electrons. The number of nitrogens with one attached hydrogen (secondary N) is 2. The van der Waals surface area contributed by atoms with Crippen molar-refractivity contribution < 1.29 is 19.1 Å². The molecule has 1 aliphatic heterocycles. The lowest BCUT2D eigenvalue weighted by molar-refractivity contribution is -0.131. The summed E-state index contributed by atoms with van der Waals surface area (Å²) in [5, 5.41) is 0. The molecular weight excluding hydrogens is 308 g/mol. The average Bonchev–Trinajstić information content (AvgIpc) is 2.61. The van der Waals surface area contributed by atoms with E-state index in [-0.39, 0.29) is 12.5 Å². The lowest BCUT2D eigenvalue weighted by Crippen LogP contribution is -2.50. The zero-order valence-electron chi connectivity index (χ0n) is 13.5. The molecule has 0 fully saturated rings. The molecule has 0 aromatic heterocycles. The van der Waals surface area contributed by atoms with Gasteiger partial charge in [0, 0.05) is 5.56 Å². The van der Waals surface area contributed by atoms with Crippen molar-refractivity contribution in [3.63, 3.8) is 0 Å². The first-order valence-electron chi connectivity index (χ1n) is 7.61. The van der Waals surface area contributed by atoms with Gasteiger partial charge in [-0.2, -0.15) is 0 Å². The number of hydrogen-bond acceptors (Lipinski definition) is 4. The van der Waals surface area contributed by atoms with Crippen LogP contribution in [0.25, 0.3) is 0 Å². The second-order valence-electron chi connectivity index (χ2n) is 5.56. The van der Waals surface area contributed by atoms with Crippen LogP contribution in [0.2, 0.25) is 0 Å². The van der Waals surface area contributed by atoms with Gasteiger partial charge in [0.2, 0.25) is 6.10 Å². The van der Waals surface area contributed by atoms with Gasteiger partial charge < -0.3 is 9.47 Å². The Balaban J connectivity index is 1.60. The largest absolute Gasteiger partial charge is 0.485 e. The Labute approximate surface area is 139 Å². The maximum Gasteiger partial charge on any atom is 0.283 e. The van der Waals surface area contributed by atoms with E-state index in [9.17, 15) is 9.59 Å². The minimum absolute atomic E-state index is 0.0855. The number of hydrazine groups is 1. The van der Waals surface area contributed by atoms with Gasteiger partial charge in [0.15, 0.2) is 11.5 Å². The van der Waals surface area contributed by atoms with Gasteiger partial charge in [0.25, 0.3) is 11.8 Å². The molecule has 6 nitrogen and oxygen atoms in total. The molecule has 6 heteroatoms. The normalized spacial score (nSPS) is 15.5. The number of para-hydroxylation sites is 2. The Bertz CT molecular complexity index is 788. The third-order valence-corrected chi connectivity index (χ3v) is 3.95. The molecule has 2 N–H and O–H groups in total. The highest BCUT2D eigenvalue weighted by Crippen LogP contribution is 2.30. The van der Waals surface area contributed by atoms with Gasteiger partial charge in [-0.05, 0) is 43.2 Å². The van der Waals surface area contributed by atoms with Crippen LogP contribution in [0.5, 0.6) is 11.5 Å². The molecule has 0 bridgehead atoms. The van der Waals surface area contributed by atoms with Crippen LogP contribution in [0.15, 0.2) is 42.5 Å². The Morgan fingerprint density at radius 2 is 1.75 bits per heavy atom. The van der Waals surface area contributed by atoms with Crippen LogP contribution >= 0.6 is 0 Å². The third-order valence-electron chi connectivity index (χ3n) is 3.95. The highest BCUT2D eigenvalue weighted by molar-refractivity contribution is 5.97. The van der Waals surface area contributed by atoms with Crippen molar-refractivity contribution in [2.75, 3.05) is 6.61 Å². The highest BCUT2D eigenvalue weighted by Gasteiger charge is 2.27. The quantitative estimate of drug-likeness (QED) is 0.827. The summed E-state index contributed by atoms with van der Waals surface area (Å²) in [4.78, 5) is 24.4. The number of aryl methyl sites for hydroxylation is 1. The molecule has 0 spiro atoms. The van der Waals surface area contributed by atoms with Crippen molar-refractivity contribution in [1.29, 1.82) is 0 Å². The molecule has 2 aromatic carbocycles. The summed E-state index contributed by atoms with van der Waals surface area (Å²) in [6.45, 7) is 3.87. The van der Waals surface area contributed by atoms with Crippen molar-refractivity contribution in [1.82, 2.24) is 10.9 Å². The van der Waals surface area contributed by atoms with Crippen LogP contribution in [0.3, 0.4) is 0 Å². The summed E-state index contributed by atoms with van der Waals surface area (Å²) in [6, 6.07) is 12.6. The molecule has 0 radical (unpaired) electrons. The van der Waals surface area contributed by atoms with Crippen molar-refractivity contribution >= 4 is 11.8 Å². The lowest BCUT2D eigenvalue weighted by Gasteiger charge is -2.25. The van der Waals surface area contributed by atoms with Crippen molar-refractivity contribution in [3.05, 3.63) is 59.2 Å². The van der Waals surface area contributed by atoms with Crippen molar-refractivity contribution in [3.8, 4) is 11.5 Å². The number of rotatable bonds is 2. The van der Waals surface area contributed by atoms with Crippen LogP contribution in [0, 0.1) is 13.8 Å². The fraction of sp³-hybridized carbons (Fsp3) is 0.222. The summed E-state index contributed by atoms with van der Waals surface area (Å²) >= 11 is 0. The van der Waals surface area contributed by atoms with Gasteiger partial charge in [-0.25, -0.2) is 0 Å². The summed E-state index contributed by atoms with van der Waals surface area (Å²) in [5.74, 6) is 0.260. The van der Waals surface area contributed by atoms with Gasteiger partial charge in [-0.1, -0.05) is 24.3 Å². The Kier molecular flexibility index (Phi) is 4.37. The molecule has 3 rings (SSSR count). The summed E-state index contributed by atoms with van der Waals surface area (Å²) < 4.78 is 11.1. The SMILES string of the molecule is Cc1cccc(C(=O)NNC(=O)C2COc3ccccc3O2)c1C. The third kappa shape index (κ3) is 3.17. The molecule has 0 aliphatic carbocycles. The van der Waals surface area contributed by atoms with Gasteiger partial charge in [-0.3, -0.25) is 20.4 Å². The fourth-order valence-electron chi connectivity index (χ4n) is 2.41. The van der Waals surface area contributed by atoms with Gasteiger partial charge in [-0.15, -0.1) is 0 Å². The number of benzene rings is 2. The topological polar surface area (TPSA) is 76.7 Å². The van der Waals surface area contributed by atoms with E-state index >= 15 is 0 Å². The highest BCUT2D eigenvalue weighted by atomic mass is 16.6. The molecule has 1 unspecified atom stereocenters. The second kappa shape index (κ2) is 6.62. The summed E-state index contributed by atoms with van der Waals surface area (Å²) in [5.41, 5.74) is 7.19. The van der Waals surface area contributed by atoms with Gasteiger partial charge >= 0.3 is 0 Å². The zero-order chi connectivity index (χ0) is 17.1. The monoisotopic (exact) mass is 326 g/mol. The van der Waals surface area contributed by atoms with E-state index in [0.717, 1.165) is 11.1 Å². The molecule has 0 saturated heterocycles. The fourth-order valence-corrected chi connectivity index (χ4v) is 2.41. The van der Waals surface area contributed by atoms with E-state index in [1.165, 1.54) is 0 Å². The number of carbonyl (C=O) groups excluding carboxylic acids is 2. The average molecular weight is 326 g/mol.